The van der Waals surface area contributed by atoms with E-state index in [2.05, 4.69) is 5.43 Å². The van der Waals surface area contributed by atoms with Crippen molar-refractivity contribution >= 4 is 12.4 Å². The van der Waals surface area contributed by atoms with Crippen molar-refractivity contribution in [2.45, 2.75) is 12.5 Å². The summed E-state index contributed by atoms with van der Waals surface area (Å²) >= 11 is 0. The third-order valence-corrected chi connectivity index (χ3v) is 2.26. The SMILES string of the molecule is CNN(C=O)C(Cc1ccccc1)C(=O)O. The number of hydrazine groups is 1. The molecule has 0 aliphatic heterocycles. The summed E-state index contributed by atoms with van der Waals surface area (Å²) in [5.41, 5.74) is 3.41. The van der Waals surface area contributed by atoms with Crippen molar-refractivity contribution in [3.63, 3.8) is 0 Å². The number of rotatable bonds is 6. The Balaban J connectivity index is 2.80. The van der Waals surface area contributed by atoms with Gasteiger partial charge in [-0.15, -0.1) is 0 Å². The Hall–Kier alpha value is -1.88. The molecule has 0 aliphatic carbocycles. The van der Waals surface area contributed by atoms with Crippen LogP contribution in [0.4, 0.5) is 0 Å². The second kappa shape index (κ2) is 5.87. The molecule has 0 saturated carbocycles. The highest BCUT2D eigenvalue weighted by atomic mass is 16.4. The van der Waals surface area contributed by atoms with Gasteiger partial charge < -0.3 is 5.11 Å². The molecule has 0 fully saturated rings. The first-order chi connectivity index (χ1) is 7.69. The van der Waals surface area contributed by atoms with Gasteiger partial charge in [-0.05, 0) is 5.56 Å². The molecule has 0 aromatic heterocycles. The van der Waals surface area contributed by atoms with Gasteiger partial charge in [0.1, 0.15) is 6.04 Å². The molecule has 0 heterocycles. The monoisotopic (exact) mass is 222 g/mol. The van der Waals surface area contributed by atoms with Crippen LogP contribution < -0.4 is 5.43 Å². The van der Waals surface area contributed by atoms with Crippen molar-refractivity contribution < 1.29 is 14.7 Å². The topological polar surface area (TPSA) is 69.6 Å². The van der Waals surface area contributed by atoms with Gasteiger partial charge in [-0.1, -0.05) is 30.3 Å². The molecule has 1 aromatic rings. The van der Waals surface area contributed by atoms with Crippen molar-refractivity contribution in [2.24, 2.45) is 0 Å². The average Bonchev–Trinajstić information content (AvgIpc) is 2.30. The van der Waals surface area contributed by atoms with E-state index < -0.39 is 12.0 Å². The zero-order valence-electron chi connectivity index (χ0n) is 8.96. The van der Waals surface area contributed by atoms with E-state index >= 15 is 0 Å². The normalized spacial score (nSPS) is 11.8. The minimum atomic E-state index is -1.04. The first kappa shape index (κ1) is 12.2. The fourth-order valence-electron chi connectivity index (χ4n) is 1.42. The van der Waals surface area contributed by atoms with Crippen molar-refractivity contribution in [2.75, 3.05) is 7.05 Å². The predicted octanol–water partition coefficient (Wildman–Crippen LogP) is 0.275. The summed E-state index contributed by atoms with van der Waals surface area (Å²) in [5.74, 6) is -1.04. The fourth-order valence-corrected chi connectivity index (χ4v) is 1.42. The van der Waals surface area contributed by atoms with Crippen LogP contribution in [0, 0.1) is 0 Å². The Kier molecular flexibility index (Phi) is 4.47. The Morgan fingerprint density at radius 3 is 2.56 bits per heavy atom. The van der Waals surface area contributed by atoms with Gasteiger partial charge in [0.2, 0.25) is 6.41 Å². The highest BCUT2D eigenvalue weighted by Crippen LogP contribution is 2.06. The van der Waals surface area contributed by atoms with Crippen LogP contribution in [0.5, 0.6) is 0 Å². The largest absolute Gasteiger partial charge is 0.480 e. The van der Waals surface area contributed by atoms with E-state index in [0.29, 0.717) is 6.41 Å². The molecule has 0 aliphatic rings. The van der Waals surface area contributed by atoms with Gasteiger partial charge in [-0.3, -0.25) is 9.80 Å². The molecule has 1 unspecified atom stereocenters. The van der Waals surface area contributed by atoms with Crippen LogP contribution in [0.25, 0.3) is 0 Å². The van der Waals surface area contributed by atoms with Crippen LogP contribution in [0.15, 0.2) is 30.3 Å². The lowest BCUT2D eigenvalue weighted by atomic mass is 10.1. The number of benzene rings is 1. The number of amides is 1. The Labute approximate surface area is 93.7 Å². The Morgan fingerprint density at radius 2 is 2.12 bits per heavy atom. The second-order valence-electron chi connectivity index (χ2n) is 3.28. The molecule has 5 heteroatoms. The van der Waals surface area contributed by atoms with Crippen LogP contribution in [0.2, 0.25) is 0 Å². The molecule has 1 amide bonds. The summed E-state index contributed by atoms with van der Waals surface area (Å²) in [6, 6.07) is 8.28. The highest BCUT2D eigenvalue weighted by molar-refractivity contribution is 5.76. The zero-order valence-corrected chi connectivity index (χ0v) is 8.96. The molecule has 0 saturated heterocycles. The smallest absolute Gasteiger partial charge is 0.328 e. The number of hydrogen-bond acceptors (Lipinski definition) is 3. The summed E-state index contributed by atoms with van der Waals surface area (Å²) in [4.78, 5) is 21.7. The van der Waals surface area contributed by atoms with Crippen molar-refractivity contribution in [3.05, 3.63) is 35.9 Å². The van der Waals surface area contributed by atoms with Crippen LogP contribution in [-0.4, -0.2) is 35.6 Å². The Morgan fingerprint density at radius 1 is 1.50 bits per heavy atom. The molecule has 5 nitrogen and oxygen atoms in total. The standard InChI is InChI=1S/C11H14N2O3/c1-12-13(8-14)10(11(15)16)7-9-5-3-2-4-6-9/h2-6,8,10,12H,7H2,1H3,(H,15,16). The lowest BCUT2D eigenvalue weighted by molar-refractivity contribution is -0.148. The third-order valence-electron chi connectivity index (χ3n) is 2.26. The minimum Gasteiger partial charge on any atom is -0.480 e. The predicted molar refractivity (Wildman–Crippen MR) is 58.5 cm³/mol. The van der Waals surface area contributed by atoms with Crippen molar-refractivity contribution in [3.8, 4) is 0 Å². The lowest BCUT2D eigenvalue weighted by Crippen LogP contribution is -2.48. The molecule has 1 atom stereocenters. The van der Waals surface area contributed by atoms with E-state index in [1.54, 1.807) is 0 Å². The maximum Gasteiger partial charge on any atom is 0.328 e. The summed E-state index contributed by atoms with van der Waals surface area (Å²) in [7, 11) is 1.51. The van der Waals surface area contributed by atoms with Gasteiger partial charge in [0.15, 0.2) is 0 Å². The molecule has 2 N–H and O–H groups in total. The highest BCUT2D eigenvalue weighted by Gasteiger charge is 2.23. The maximum absolute atomic E-state index is 11.0. The molecule has 0 spiro atoms. The molecule has 86 valence electrons. The summed E-state index contributed by atoms with van der Waals surface area (Å²) in [6.45, 7) is 0. The number of carboxylic acid groups (broad SMARTS) is 1. The van der Waals surface area contributed by atoms with E-state index in [-0.39, 0.29) is 6.42 Å². The molecule has 0 bridgehead atoms. The first-order valence-corrected chi connectivity index (χ1v) is 4.86. The van der Waals surface area contributed by atoms with E-state index in [1.807, 2.05) is 30.3 Å². The van der Waals surface area contributed by atoms with Gasteiger partial charge in [0.25, 0.3) is 0 Å². The maximum atomic E-state index is 11.0. The van der Waals surface area contributed by atoms with Crippen molar-refractivity contribution in [1.29, 1.82) is 0 Å². The molecular formula is C11H14N2O3. The average molecular weight is 222 g/mol. The van der Waals surface area contributed by atoms with Crippen LogP contribution in [0.1, 0.15) is 5.56 Å². The zero-order chi connectivity index (χ0) is 12.0. The third kappa shape index (κ3) is 3.06. The molecule has 1 aromatic carbocycles. The number of nitrogens with one attached hydrogen (secondary N) is 1. The van der Waals surface area contributed by atoms with Gasteiger partial charge >= 0.3 is 5.97 Å². The molecular weight excluding hydrogens is 208 g/mol. The van der Waals surface area contributed by atoms with E-state index in [4.69, 9.17) is 5.11 Å². The summed E-state index contributed by atoms with van der Waals surface area (Å²) < 4.78 is 0. The fraction of sp³-hybridized carbons (Fsp3) is 0.273. The summed E-state index contributed by atoms with van der Waals surface area (Å²) in [6.07, 6.45) is 0.748. The van der Waals surface area contributed by atoms with E-state index in [0.717, 1.165) is 10.6 Å². The lowest BCUT2D eigenvalue weighted by Gasteiger charge is -2.23. The van der Waals surface area contributed by atoms with Gasteiger partial charge in [-0.2, -0.15) is 0 Å². The minimum absolute atomic E-state index is 0.274. The van der Waals surface area contributed by atoms with Crippen molar-refractivity contribution in [1.82, 2.24) is 10.4 Å². The van der Waals surface area contributed by atoms with E-state index in [9.17, 15) is 9.59 Å². The number of nitrogens with zero attached hydrogens (tertiary/aromatic N) is 1. The molecule has 1 rings (SSSR count). The Bertz CT molecular complexity index is 354. The molecule has 16 heavy (non-hydrogen) atoms. The quantitative estimate of drug-likeness (QED) is 0.535. The number of aliphatic carboxylic acids is 1. The van der Waals surface area contributed by atoms with Crippen LogP contribution in [-0.2, 0) is 16.0 Å². The van der Waals surface area contributed by atoms with Gasteiger partial charge in [-0.25, -0.2) is 10.2 Å². The van der Waals surface area contributed by atoms with Gasteiger partial charge in [0, 0.05) is 13.5 Å². The first-order valence-electron chi connectivity index (χ1n) is 4.86. The summed E-state index contributed by atoms with van der Waals surface area (Å²) in [5, 5.41) is 10.1. The number of carbonyl (C=O) groups is 2. The van der Waals surface area contributed by atoms with Crippen LogP contribution in [0.3, 0.4) is 0 Å². The molecule has 0 radical (unpaired) electrons. The second-order valence-corrected chi connectivity index (χ2v) is 3.28. The van der Waals surface area contributed by atoms with Gasteiger partial charge in [0.05, 0.1) is 0 Å². The van der Waals surface area contributed by atoms with E-state index in [1.165, 1.54) is 7.05 Å². The number of carbonyl (C=O) groups excluding carboxylic acids is 1. The number of hydrogen-bond donors (Lipinski definition) is 2. The van der Waals surface area contributed by atoms with Crippen LogP contribution >= 0.6 is 0 Å². The number of carboxylic acids is 1.